The van der Waals surface area contributed by atoms with Crippen molar-refractivity contribution in [1.82, 2.24) is 20.6 Å². The first-order chi connectivity index (χ1) is 14.5. The molecule has 2 amide bonds. The predicted octanol–water partition coefficient (Wildman–Crippen LogP) is 2.29. The molecule has 0 unspecified atom stereocenters. The second kappa shape index (κ2) is 9.51. The van der Waals surface area contributed by atoms with Crippen molar-refractivity contribution in [1.29, 1.82) is 0 Å². The fraction of sp³-hybridized carbons (Fsp3) is 0.182. The minimum absolute atomic E-state index is 0.0582. The van der Waals surface area contributed by atoms with Crippen molar-refractivity contribution >= 4 is 28.7 Å². The molecular weight excluding hydrogens is 384 g/mol. The molecule has 0 bridgehead atoms. The van der Waals surface area contributed by atoms with E-state index in [1.807, 2.05) is 31.2 Å². The van der Waals surface area contributed by atoms with Gasteiger partial charge in [-0.3, -0.25) is 25.2 Å². The van der Waals surface area contributed by atoms with E-state index < -0.39 is 11.8 Å². The fourth-order valence-electron chi connectivity index (χ4n) is 2.85. The van der Waals surface area contributed by atoms with E-state index in [0.29, 0.717) is 23.9 Å². The highest BCUT2D eigenvalue weighted by Crippen LogP contribution is 2.14. The lowest BCUT2D eigenvalue weighted by molar-refractivity contribution is -0.117. The number of benzene rings is 2. The predicted molar refractivity (Wildman–Crippen MR) is 114 cm³/mol. The molecule has 0 saturated carbocycles. The van der Waals surface area contributed by atoms with Crippen LogP contribution in [0, 0.1) is 0 Å². The van der Waals surface area contributed by atoms with E-state index in [1.165, 1.54) is 10.8 Å². The Balaban J connectivity index is 1.69. The minimum atomic E-state index is -0.615. The molecule has 0 atom stereocenters. The Morgan fingerprint density at radius 2 is 1.73 bits per heavy atom. The zero-order chi connectivity index (χ0) is 21.5. The van der Waals surface area contributed by atoms with Gasteiger partial charge in [-0.1, -0.05) is 30.3 Å². The average molecular weight is 406 g/mol. The first-order valence-electron chi connectivity index (χ1n) is 9.54. The van der Waals surface area contributed by atoms with Crippen LogP contribution in [0.3, 0.4) is 0 Å². The van der Waals surface area contributed by atoms with E-state index in [1.54, 1.807) is 37.3 Å². The molecule has 0 saturated heterocycles. The summed E-state index contributed by atoms with van der Waals surface area (Å²) in [6.07, 6.45) is 2.91. The van der Waals surface area contributed by atoms with Crippen molar-refractivity contribution < 1.29 is 14.3 Å². The molecule has 0 aliphatic heterocycles. The van der Waals surface area contributed by atoms with E-state index in [2.05, 4.69) is 16.0 Å². The average Bonchev–Trinajstić information content (AvgIpc) is 2.77. The Labute approximate surface area is 173 Å². The van der Waals surface area contributed by atoms with Gasteiger partial charge in [0.25, 0.3) is 17.4 Å². The van der Waals surface area contributed by atoms with Gasteiger partial charge in [0.05, 0.1) is 12.0 Å². The summed E-state index contributed by atoms with van der Waals surface area (Å²) in [5.41, 5.74) is 5.25. The summed E-state index contributed by atoms with van der Waals surface area (Å²) >= 11 is 0. The number of nitrogens with zero attached hydrogens (tertiary/aromatic N) is 2. The number of rotatable bonds is 6. The van der Waals surface area contributed by atoms with Crippen LogP contribution in [0.15, 0.2) is 59.4 Å². The largest absolute Gasteiger partial charge is 0.494 e. The van der Waals surface area contributed by atoms with Crippen molar-refractivity contribution in [2.75, 3.05) is 6.61 Å². The molecule has 1 heterocycles. The summed E-state index contributed by atoms with van der Waals surface area (Å²) in [6, 6.07) is 14.0. The molecular formula is C22H22N4O4. The van der Waals surface area contributed by atoms with Crippen molar-refractivity contribution in [3.63, 3.8) is 0 Å². The van der Waals surface area contributed by atoms with Gasteiger partial charge in [-0.2, -0.15) is 5.10 Å². The molecule has 2 N–H and O–H groups in total. The number of hydrogen-bond acceptors (Lipinski definition) is 5. The van der Waals surface area contributed by atoms with Gasteiger partial charge in [0.15, 0.2) is 5.69 Å². The van der Waals surface area contributed by atoms with E-state index >= 15 is 0 Å². The molecule has 154 valence electrons. The van der Waals surface area contributed by atoms with E-state index in [-0.39, 0.29) is 11.3 Å². The zero-order valence-corrected chi connectivity index (χ0v) is 16.7. The molecule has 2 aromatic carbocycles. The van der Waals surface area contributed by atoms with Crippen LogP contribution in [0.5, 0.6) is 5.75 Å². The summed E-state index contributed by atoms with van der Waals surface area (Å²) in [5, 5.41) is 4.93. The summed E-state index contributed by atoms with van der Waals surface area (Å²) in [7, 11) is 0. The van der Waals surface area contributed by atoms with Crippen LogP contribution in [0.2, 0.25) is 0 Å². The third-order valence-electron chi connectivity index (χ3n) is 4.30. The number of aryl methyl sites for hydroxylation is 1. The molecule has 0 aliphatic carbocycles. The maximum absolute atomic E-state index is 12.6. The quantitative estimate of drug-likeness (QED) is 0.483. The number of carbonyl (C=O) groups excluding carboxylic acids is 2. The molecule has 0 radical (unpaired) electrons. The molecule has 8 heteroatoms. The van der Waals surface area contributed by atoms with E-state index in [9.17, 15) is 14.4 Å². The SMILES string of the molecule is CCOc1ccc(/C=C/C(=O)NNC(=O)c2nn(CC)c(=O)c3ccccc23)cc1. The Hall–Kier alpha value is -3.94. The van der Waals surface area contributed by atoms with Gasteiger partial charge in [0.2, 0.25) is 0 Å². The van der Waals surface area contributed by atoms with Crippen LogP contribution < -0.4 is 21.1 Å². The first-order valence-corrected chi connectivity index (χ1v) is 9.54. The minimum Gasteiger partial charge on any atom is -0.494 e. The highest BCUT2D eigenvalue weighted by molar-refractivity contribution is 6.05. The molecule has 0 aliphatic rings. The van der Waals surface area contributed by atoms with Crippen LogP contribution in [0.25, 0.3) is 16.8 Å². The number of hydrazine groups is 1. The van der Waals surface area contributed by atoms with Crippen molar-refractivity contribution in [2.24, 2.45) is 0 Å². The normalized spacial score (nSPS) is 10.9. The number of carbonyl (C=O) groups is 2. The second-order valence-electron chi connectivity index (χ2n) is 6.29. The van der Waals surface area contributed by atoms with Crippen LogP contribution in [0.4, 0.5) is 0 Å². The lowest BCUT2D eigenvalue weighted by Gasteiger charge is -2.10. The Morgan fingerprint density at radius 1 is 1.03 bits per heavy atom. The number of ether oxygens (including phenoxy) is 1. The molecule has 3 aromatic rings. The van der Waals surface area contributed by atoms with Crippen molar-refractivity contribution in [3.8, 4) is 5.75 Å². The standard InChI is InChI=1S/C22H22N4O4/c1-3-26-22(29)18-8-6-5-7-17(18)20(25-26)21(28)24-23-19(27)14-11-15-9-12-16(13-10-15)30-4-2/h5-14H,3-4H2,1-2H3,(H,23,27)(H,24,28)/b14-11+. The summed E-state index contributed by atoms with van der Waals surface area (Å²) in [5.74, 6) is -0.374. The molecule has 30 heavy (non-hydrogen) atoms. The first kappa shape index (κ1) is 20.8. The molecule has 0 fully saturated rings. The monoisotopic (exact) mass is 406 g/mol. The number of fused-ring (bicyclic) bond motifs is 1. The lowest BCUT2D eigenvalue weighted by atomic mass is 10.1. The second-order valence-corrected chi connectivity index (χ2v) is 6.29. The molecule has 8 nitrogen and oxygen atoms in total. The Morgan fingerprint density at radius 3 is 2.40 bits per heavy atom. The maximum atomic E-state index is 12.6. The van der Waals surface area contributed by atoms with E-state index in [0.717, 1.165) is 11.3 Å². The lowest BCUT2D eigenvalue weighted by Crippen LogP contribution is -2.42. The van der Waals surface area contributed by atoms with Gasteiger partial charge in [-0.05, 0) is 43.7 Å². The summed E-state index contributed by atoms with van der Waals surface area (Å²) in [4.78, 5) is 37.0. The zero-order valence-electron chi connectivity index (χ0n) is 16.7. The van der Waals surface area contributed by atoms with Gasteiger partial charge >= 0.3 is 0 Å². The Kier molecular flexibility index (Phi) is 6.59. The topological polar surface area (TPSA) is 102 Å². The van der Waals surface area contributed by atoms with Gasteiger partial charge in [0, 0.05) is 18.0 Å². The molecule has 1 aromatic heterocycles. The van der Waals surface area contributed by atoms with Gasteiger partial charge < -0.3 is 4.74 Å². The van der Waals surface area contributed by atoms with Crippen LogP contribution in [-0.4, -0.2) is 28.2 Å². The maximum Gasteiger partial charge on any atom is 0.290 e. The number of aromatic nitrogens is 2. The Bertz CT molecular complexity index is 1150. The van der Waals surface area contributed by atoms with Gasteiger partial charge in [-0.15, -0.1) is 0 Å². The number of nitrogens with one attached hydrogen (secondary N) is 2. The van der Waals surface area contributed by atoms with Crippen LogP contribution in [0.1, 0.15) is 29.9 Å². The molecule has 0 spiro atoms. The smallest absolute Gasteiger partial charge is 0.290 e. The summed E-state index contributed by atoms with van der Waals surface area (Å²) in [6.45, 7) is 4.57. The van der Waals surface area contributed by atoms with E-state index in [4.69, 9.17) is 4.74 Å². The van der Waals surface area contributed by atoms with Crippen molar-refractivity contribution in [2.45, 2.75) is 20.4 Å². The van der Waals surface area contributed by atoms with Crippen LogP contribution in [-0.2, 0) is 11.3 Å². The number of amides is 2. The van der Waals surface area contributed by atoms with Gasteiger partial charge in [0.1, 0.15) is 5.75 Å². The van der Waals surface area contributed by atoms with Crippen molar-refractivity contribution in [3.05, 3.63) is 76.2 Å². The highest BCUT2D eigenvalue weighted by atomic mass is 16.5. The summed E-state index contributed by atoms with van der Waals surface area (Å²) < 4.78 is 6.58. The van der Waals surface area contributed by atoms with Crippen LogP contribution >= 0.6 is 0 Å². The third-order valence-corrected chi connectivity index (χ3v) is 4.30. The number of hydrogen-bond donors (Lipinski definition) is 2. The molecule has 3 rings (SSSR count). The highest BCUT2D eigenvalue weighted by Gasteiger charge is 2.16. The fourth-order valence-corrected chi connectivity index (χ4v) is 2.85. The van der Waals surface area contributed by atoms with Gasteiger partial charge in [-0.25, -0.2) is 4.68 Å². The third kappa shape index (κ3) is 4.72.